The maximum Gasteiger partial charge on any atom is 0.328 e. The lowest BCUT2D eigenvalue weighted by molar-refractivity contribution is 0.102. The summed E-state index contributed by atoms with van der Waals surface area (Å²) >= 11 is 7.36. The highest BCUT2D eigenvalue weighted by molar-refractivity contribution is 7.15. The van der Waals surface area contributed by atoms with Crippen molar-refractivity contribution < 1.29 is 4.79 Å². The van der Waals surface area contributed by atoms with Gasteiger partial charge in [0.15, 0.2) is 5.13 Å². The summed E-state index contributed by atoms with van der Waals surface area (Å²) in [5.74, 6) is -0.636. The fourth-order valence-electron chi connectivity index (χ4n) is 2.19. The van der Waals surface area contributed by atoms with Gasteiger partial charge in [0.1, 0.15) is 5.56 Å². The van der Waals surface area contributed by atoms with E-state index >= 15 is 0 Å². The zero-order valence-corrected chi connectivity index (χ0v) is 14.6. The number of aromatic nitrogens is 3. The van der Waals surface area contributed by atoms with Crippen molar-refractivity contribution in [3.05, 3.63) is 78.5 Å². The molecule has 25 heavy (non-hydrogen) atoms. The molecule has 2 heterocycles. The highest BCUT2D eigenvalue weighted by Gasteiger charge is 2.16. The van der Waals surface area contributed by atoms with Crippen molar-refractivity contribution >= 4 is 34.0 Å². The number of aryl methyl sites for hydroxylation is 1. The first-order valence-electron chi connectivity index (χ1n) is 7.25. The van der Waals surface area contributed by atoms with Gasteiger partial charge < -0.3 is 4.98 Å². The Morgan fingerprint density at radius 2 is 2.12 bits per heavy atom. The minimum absolute atomic E-state index is 0.0364. The first-order chi connectivity index (χ1) is 12.0. The van der Waals surface area contributed by atoms with Gasteiger partial charge in [0.25, 0.3) is 11.5 Å². The molecule has 128 valence electrons. The van der Waals surface area contributed by atoms with Gasteiger partial charge in [0.05, 0.1) is 6.54 Å². The molecule has 1 amide bonds. The van der Waals surface area contributed by atoms with Crippen molar-refractivity contribution in [1.29, 1.82) is 0 Å². The molecule has 0 aliphatic carbocycles. The normalized spacial score (nSPS) is 10.6. The van der Waals surface area contributed by atoms with Crippen LogP contribution in [0.4, 0.5) is 5.13 Å². The molecule has 0 fully saturated rings. The molecule has 0 aliphatic rings. The van der Waals surface area contributed by atoms with Crippen molar-refractivity contribution in [3.63, 3.8) is 0 Å². The fourth-order valence-corrected chi connectivity index (χ4v) is 3.05. The van der Waals surface area contributed by atoms with Gasteiger partial charge in [-0.15, -0.1) is 11.3 Å². The largest absolute Gasteiger partial charge is 0.328 e. The van der Waals surface area contributed by atoms with E-state index in [1.54, 1.807) is 30.5 Å². The smallest absolute Gasteiger partial charge is 0.313 e. The number of benzene rings is 1. The van der Waals surface area contributed by atoms with Gasteiger partial charge in [0, 0.05) is 22.3 Å². The van der Waals surface area contributed by atoms with Crippen LogP contribution in [0.3, 0.4) is 0 Å². The summed E-state index contributed by atoms with van der Waals surface area (Å²) in [4.78, 5) is 44.3. The Morgan fingerprint density at radius 1 is 1.36 bits per heavy atom. The summed E-state index contributed by atoms with van der Waals surface area (Å²) in [7, 11) is 0. The molecule has 7 nitrogen and oxygen atoms in total. The van der Waals surface area contributed by atoms with Crippen LogP contribution < -0.4 is 16.6 Å². The van der Waals surface area contributed by atoms with Crippen molar-refractivity contribution in [3.8, 4) is 0 Å². The lowest BCUT2D eigenvalue weighted by atomic mass is 10.2. The second kappa shape index (κ2) is 7.04. The number of nitrogens with zero attached hydrogens (tertiary/aromatic N) is 2. The summed E-state index contributed by atoms with van der Waals surface area (Å²) in [5.41, 5.74) is -0.898. The molecule has 0 aliphatic heterocycles. The molecule has 3 aromatic rings. The van der Waals surface area contributed by atoms with E-state index in [0.717, 1.165) is 15.6 Å². The van der Waals surface area contributed by atoms with Crippen LogP contribution in [0.25, 0.3) is 0 Å². The van der Waals surface area contributed by atoms with Gasteiger partial charge >= 0.3 is 5.69 Å². The Labute approximate surface area is 150 Å². The second-order valence-corrected chi connectivity index (χ2v) is 6.86. The Kier molecular flexibility index (Phi) is 4.82. The average Bonchev–Trinajstić information content (AvgIpc) is 2.98. The minimum atomic E-state index is -0.700. The van der Waals surface area contributed by atoms with Gasteiger partial charge in [-0.3, -0.25) is 19.5 Å². The number of rotatable bonds is 4. The highest BCUT2D eigenvalue weighted by atomic mass is 35.5. The molecule has 0 unspecified atom stereocenters. The van der Waals surface area contributed by atoms with E-state index in [2.05, 4.69) is 15.3 Å². The summed E-state index contributed by atoms with van der Waals surface area (Å²) < 4.78 is 0.934. The third-order valence-electron chi connectivity index (χ3n) is 3.43. The summed E-state index contributed by atoms with van der Waals surface area (Å²) in [6.45, 7) is 1.81. The van der Waals surface area contributed by atoms with Crippen LogP contribution in [-0.2, 0) is 6.54 Å². The van der Waals surface area contributed by atoms with E-state index in [1.807, 2.05) is 6.92 Å². The van der Waals surface area contributed by atoms with E-state index in [0.29, 0.717) is 15.7 Å². The summed E-state index contributed by atoms with van der Waals surface area (Å²) in [6.07, 6.45) is 2.71. The zero-order valence-electron chi connectivity index (χ0n) is 13.1. The number of carbonyl (C=O) groups is 1. The monoisotopic (exact) mass is 376 g/mol. The second-order valence-electron chi connectivity index (χ2n) is 5.22. The van der Waals surface area contributed by atoms with Gasteiger partial charge in [-0.05, 0) is 18.6 Å². The number of nitrogens with one attached hydrogen (secondary N) is 2. The molecule has 0 atom stereocenters. The number of hydrogen-bond acceptors (Lipinski definition) is 5. The molecule has 0 saturated carbocycles. The van der Waals surface area contributed by atoms with Gasteiger partial charge in [-0.25, -0.2) is 9.78 Å². The Bertz CT molecular complexity index is 1050. The molecule has 0 spiro atoms. The first kappa shape index (κ1) is 17.1. The van der Waals surface area contributed by atoms with Gasteiger partial charge in [-0.1, -0.05) is 29.8 Å². The topological polar surface area (TPSA) is 96.8 Å². The van der Waals surface area contributed by atoms with Crippen molar-refractivity contribution in [1.82, 2.24) is 14.5 Å². The third kappa shape index (κ3) is 3.70. The molecule has 1 aromatic carbocycles. The highest BCUT2D eigenvalue weighted by Crippen LogP contribution is 2.17. The van der Waals surface area contributed by atoms with E-state index in [4.69, 9.17) is 11.6 Å². The van der Waals surface area contributed by atoms with Crippen LogP contribution in [0, 0.1) is 6.92 Å². The Hall–Kier alpha value is -2.71. The molecule has 2 N–H and O–H groups in total. The molecular formula is C16H13ClN4O3S. The number of hydrogen-bond donors (Lipinski definition) is 2. The summed E-state index contributed by atoms with van der Waals surface area (Å²) in [5, 5.41) is 3.36. The number of aromatic amines is 1. The first-order valence-corrected chi connectivity index (χ1v) is 8.45. The van der Waals surface area contributed by atoms with Crippen LogP contribution in [0.5, 0.6) is 0 Å². The van der Waals surface area contributed by atoms with Crippen LogP contribution >= 0.6 is 22.9 Å². The predicted octanol–water partition coefficient (Wildman–Crippen LogP) is 2.26. The number of halogens is 1. The lowest BCUT2D eigenvalue weighted by Gasteiger charge is -2.08. The molecule has 9 heteroatoms. The Balaban J connectivity index is 1.94. The number of anilines is 1. The number of thiazole rings is 1. The maximum absolute atomic E-state index is 12.6. The van der Waals surface area contributed by atoms with Crippen LogP contribution in [0.2, 0.25) is 5.02 Å². The quantitative estimate of drug-likeness (QED) is 0.729. The van der Waals surface area contributed by atoms with E-state index in [9.17, 15) is 14.4 Å². The average molecular weight is 377 g/mol. The zero-order chi connectivity index (χ0) is 18.0. The SMILES string of the molecule is Cc1cnc(NC(=O)c2c[nH]c(=O)n(Cc3ccccc3Cl)c2=O)s1. The van der Waals surface area contributed by atoms with Gasteiger partial charge in [-0.2, -0.15) is 0 Å². The molecule has 3 rings (SSSR count). The molecule has 0 bridgehead atoms. The van der Waals surface area contributed by atoms with Crippen LogP contribution in [0.15, 0.2) is 46.2 Å². The molecule has 2 aromatic heterocycles. The maximum atomic E-state index is 12.6. The van der Waals surface area contributed by atoms with Crippen molar-refractivity contribution in [2.24, 2.45) is 0 Å². The summed E-state index contributed by atoms with van der Waals surface area (Å²) in [6, 6.07) is 6.87. The van der Waals surface area contributed by atoms with Crippen molar-refractivity contribution in [2.75, 3.05) is 5.32 Å². The fraction of sp³-hybridized carbons (Fsp3) is 0.125. The Morgan fingerprint density at radius 3 is 2.80 bits per heavy atom. The van der Waals surface area contributed by atoms with E-state index in [-0.39, 0.29) is 12.1 Å². The molecule has 0 saturated heterocycles. The van der Waals surface area contributed by atoms with E-state index in [1.165, 1.54) is 11.3 Å². The predicted molar refractivity (Wildman–Crippen MR) is 96.7 cm³/mol. The standard InChI is InChI=1S/C16H13ClN4O3S/c1-9-6-18-15(25-9)20-13(22)11-7-19-16(24)21(14(11)23)8-10-4-2-3-5-12(10)17/h2-7H,8H2,1H3,(H,19,24)(H,18,20,22). The molecular weight excluding hydrogens is 364 g/mol. The molecule has 0 radical (unpaired) electrons. The van der Waals surface area contributed by atoms with Gasteiger partial charge in [0.2, 0.25) is 0 Å². The number of amides is 1. The van der Waals surface area contributed by atoms with Crippen LogP contribution in [-0.4, -0.2) is 20.4 Å². The lowest BCUT2D eigenvalue weighted by Crippen LogP contribution is -2.39. The number of H-pyrrole nitrogens is 1. The minimum Gasteiger partial charge on any atom is -0.313 e. The third-order valence-corrected chi connectivity index (χ3v) is 4.63. The van der Waals surface area contributed by atoms with E-state index < -0.39 is 17.2 Å². The van der Waals surface area contributed by atoms with Crippen molar-refractivity contribution in [2.45, 2.75) is 13.5 Å². The number of carbonyl (C=O) groups excluding carboxylic acids is 1. The van der Waals surface area contributed by atoms with Crippen LogP contribution in [0.1, 0.15) is 20.8 Å².